The maximum absolute atomic E-state index is 10.4. The molecule has 0 aliphatic rings. The van der Waals surface area contributed by atoms with Gasteiger partial charge < -0.3 is 14.3 Å². The molecule has 0 aromatic carbocycles. The molecule has 0 bridgehead atoms. The average molecular weight is 161 g/mol. The van der Waals surface area contributed by atoms with E-state index >= 15 is 0 Å². The minimum atomic E-state index is -1.25. The number of carboxylic acid groups (broad SMARTS) is 1. The minimum Gasteiger partial charge on any atom is -0.543 e. The first-order valence-corrected chi connectivity index (χ1v) is 3.42. The largest absolute Gasteiger partial charge is 0.543 e. The second kappa shape index (κ2) is 2.34. The predicted octanol–water partition coefficient (Wildman–Crippen LogP) is -0.302. The van der Waals surface area contributed by atoms with Crippen molar-refractivity contribution in [3.63, 3.8) is 0 Å². The van der Waals surface area contributed by atoms with Crippen LogP contribution in [0, 0.1) is 0 Å². The van der Waals surface area contributed by atoms with E-state index in [9.17, 15) is 9.90 Å². The van der Waals surface area contributed by atoms with Crippen LogP contribution in [-0.2, 0) is 0 Å². The molecule has 0 aliphatic carbocycles. The molecule has 0 aliphatic heterocycles. The van der Waals surface area contributed by atoms with E-state index in [0.717, 1.165) is 0 Å². The highest BCUT2D eigenvalue weighted by atomic mass is 16.4. The smallest absolute Gasteiger partial charge is 0.137 e. The van der Waals surface area contributed by atoms with E-state index in [2.05, 4.69) is 4.98 Å². The van der Waals surface area contributed by atoms with Crippen molar-refractivity contribution < 1.29 is 9.90 Å². The van der Waals surface area contributed by atoms with Crippen LogP contribution in [-0.4, -0.2) is 15.4 Å². The summed E-state index contributed by atoms with van der Waals surface area (Å²) >= 11 is 0. The van der Waals surface area contributed by atoms with Crippen molar-refractivity contribution in [1.29, 1.82) is 0 Å². The fourth-order valence-electron chi connectivity index (χ4n) is 1.03. The third kappa shape index (κ3) is 0.934. The Morgan fingerprint density at radius 2 is 2.33 bits per heavy atom. The van der Waals surface area contributed by atoms with Crippen LogP contribution in [0.15, 0.2) is 30.6 Å². The van der Waals surface area contributed by atoms with Crippen molar-refractivity contribution in [2.75, 3.05) is 0 Å². The zero-order valence-electron chi connectivity index (χ0n) is 6.10. The first-order chi connectivity index (χ1) is 5.77. The van der Waals surface area contributed by atoms with E-state index in [1.165, 1.54) is 6.20 Å². The lowest BCUT2D eigenvalue weighted by Crippen LogP contribution is -2.22. The van der Waals surface area contributed by atoms with Crippen LogP contribution in [0.4, 0.5) is 0 Å². The van der Waals surface area contributed by atoms with Gasteiger partial charge in [0.1, 0.15) is 11.3 Å². The molecule has 0 atom stereocenters. The summed E-state index contributed by atoms with van der Waals surface area (Å²) in [6, 6.07) is 5.32. The van der Waals surface area contributed by atoms with Crippen molar-refractivity contribution in [3.05, 3.63) is 36.3 Å². The van der Waals surface area contributed by atoms with E-state index < -0.39 is 5.97 Å². The van der Waals surface area contributed by atoms with Crippen LogP contribution in [0.5, 0.6) is 0 Å². The number of aromatic carboxylic acids is 1. The van der Waals surface area contributed by atoms with Gasteiger partial charge in [0, 0.05) is 12.4 Å². The third-order valence-electron chi connectivity index (χ3n) is 1.57. The highest BCUT2D eigenvalue weighted by Gasteiger charge is 1.99. The van der Waals surface area contributed by atoms with E-state index in [1.807, 2.05) is 0 Å². The zero-order chi connectivity index (χ0) is 8.55. The molecule has 0 saturated carbocycles. The highest BCUT2D eigenvalue weighted by molar-refractivity contribution is 5.84. The van der Waals surface area contributed by atoms with Crippen molar-refractivity contribution in [3.8, 4) is 0 Å². The van der Waals surface area contributed by atoms with Gasteiger partial charge in [-0.2, -0.15) is 0 Å². The number of carboxylic acids is 1. The minimum absolute atomic E-state index is 0.0406. The van der Waals surface area contributed by atoms with Gasteiger partial charge in [0.05, 0.1) is 5.97 Å². The van der Waals surface area contributed by atoms with Crippen molar-refractivity contribution in [1.82, 2.24) is 9.38 Å². The number of carbonyl (C=O) groups excluding carboxylic acids is 1. The molecule has 4 nitrogen and oxygen atoms in total. The first kappa shape index (κ1) is 6.84. The van der Waals surface area contributed by atoms with Crippen LogP contribution in [0.2, 0.25) is 0 Å². The Hall–Kier alpha value is -1.84. The van der Waals surface area contributed by atoms with Gasteiger partial charge in [-0.25, -0.2) is 4.98 Å². The lowest BCUT2D eigenvalue weighted by atomic mass is 10.5. The Bertz CT molecular complexity index is 400. The maximum atomic E-state index is 10.4. The Kier molecular flexibility index (Phi) is 1.33. The molecule has 2 aromatic rings. The summed E-state index contributed by atoms with van der Waals surface area (Å²) in [5, 5.41) is 10.4. The summed E-state index contributed by atoms with van der Waals surface area (Å²) in [4.78, 5) is 14.2. The molecule has 0 spiro atoms. The van der Waals surface area contributed by atoms with E-state index in [4.69, 9.17) is 0 Å². The lowest BCUT2D eigenvalue weighted by Gasteiger charge is -1.90. The van der Waals surface area contributed by atoms with Gasteiger partial charge in [-0.15, -0.1) is 0 Å². The maximum Gasteiger partial charge on any atom is 0.137 e. The lowest BCUT2D eigenvalue weighted by molar-refractivity contribution is -0.255. The highest BCUT2D eigenvalue weighted by Crippen LogP contribution is 2.02. The number of carbonyl (C=O) groups is 1. The zero-order valence-corrected chi connectivity index (χ0v) is 6.10. The van der Waals surface area contributed by atoms with Crippen molar-refractivity contribution >= 4 is 11.6 Å². The number of hydrogen-bond acceptors (Lipinski definition) is 3. The Labute approximate surface area is 68.1 Å². The topological polar surface area (TPSA) is 57.4 Å². The number of nitrogens with zero attached hydrogens (tertiary/aromatic N) is 2. The summed E-state index contributed by atoms with van der Waals surface area (Å²) in [5.74, 6) is -1.25. The molecule has 60 valence electrons. The standard InChI is InChI=1S/C8H6N2O2/c11-8(12)6-5-10-4-2-1-3-7(10)9-6/h1-5H,(H,11,12)/p-1. The van der Waals surface area contributed by atoms with Gasteiger partial charge in [-0.1, -0.05) is 6.07 Å². The summed E-state index contributed by atoms with van der Waals surface area (Å²) in [6.45, 7) is 0. The van der Waals surface area contributed by atoms with E-state index in [-0.39, 0.29) is 5.69 Å². The molecule has 12 heavy (non-hydrogen) atoms. The SMILES string of the molecule is O=C([O-])c1cn2ccccc2n1. The van der Waals surface area contributed by atoms with Gasteiger partial charge in [0.15, 0.2) is 0 Å². The number of fused-ring (bicyclic) bond motifs is 1. The number of rotatable bonds is 1. The number of pyridine rings is 1. The predicted molar refractivity (Wildman–Crippen MR) is 39.5 cm³/mol. The van der Waals surface area contributed by atoms with Gasteiger partial charge in [-0.05, 0) is 12.1 Å². The van der Waals surface area contributed by atoms with E-state index in [0.29, 0.717) is 5.65 Å². The van der Waals surface area contributed by atoms with Crippen LogP contribution >= 0.6 is 0 Å². The van der Waals surface area contributed by atoms with Crippen molar-refractivity contribution in [2.24, 2.45) is 0 Å². The third-order valence-corrected chi connectivity index (χ3v) is 1.57. The second-order valence-electron chi connectivity index (χ2n) is 2.38. The van der Waals surface area contributed by atoms with Crippen LogP contribution < -0.4 is 5.11 Å². The van der Waals surface area contributed by atoms with Crippen LogP contribution in [0.3, 0.4) is 0 Å². The molecule has 0 N–H and O–H groups in total. The van der Waals surface area contributed by atoms with Gasteiger partial charge in [-0.3, -0.25) is 0 Å². The van der Waals surface area contributed by atoms with Gasteiger partial charge in [0.2, 0.25) is 0 Å². The average Bonchev–Trinajstić information content (AvgIpc) is 2.46. The molecule has 0 unspecified atom stereocenters. The molecule has 0 amide bonds. The molecular formula is C8H5N2O2-. The second-order valence-corrected chi connectivity index (χ2v) is 2.38. The summed E-state index contributed by atoms with van der Waals surface area (Å²) in [7, 11) is 0. The molecule has 0 saturated heterocycles. The molecule has 0 radical (unpaired) electrons. The fourth-order valence-corrected chi connectivity index (χ4v) is 1.03. The summed E-state index contributed by atoms with van der Waals surface area (Å²) in [5.41, 5.74) is 0.568. The van der Waals surface area contributed by atoms with Gasteiger partial charge in [0.25, 0.3) is 0 Å². The monoisotopic (exact) mass is 161 g/mol. The Morgan fingerprint density at radius 1 is 1.50 bits per heavy atom. The molecule has 2 rings (SSSR count). The molecule has 2 aromatic heterocycles. The van der Waals surface area contributed by atoms with Gasteiger partial charge >= 0.3 is 0 Å². The quantitative estimate of drug-likeness (QED) is 0.576. The molecule has 4 heteroatoms. The summed E-state index contributed by atoms with van der Waals surface area (Å²) < 4.78 is 1.63. The normalized spacial score (nSPS) is 10.3. The Balaban J connectivity index is 2.70. The fraction of sp³-hybridized carbons (Fsp3) is 0. The van der Waals surface area contributed by atoms with Crippen molar-refractivity contribution in [2.45, 2.75) is 0 Å². The summed E-state index contributed by atoms with van der Waals surface area (Å²) in [6.07, 6.45) is 3.15. The number of aromatic nitrogens is 2. The number of hydrogen-bond donors (Lipinski definition) is 0. The number of imidazole rings is 1. The van der Waals surface area contributed by atoms with Crippen LogP contribution in [0.1, 0.15) is 10.5 Å². The first-order valence-electron chi connectivity index (χ1n) is 3.42. The van der Waals surface area contributed by atoms with E-state index in [1.54, 1.807) is 28.8 Å². The molecular weight excluding hydrogens is 156 g/mol. The molecule has 0 fully saturated rings. The molecule has 2 heterocycles. The Morgan fingerprint density at radius 3 is 3.00 bits per heavy atom. The van der Waals surface area contributed by atoms with Crippen LogP contribution in [0.25, 0.3) is 5.65 Å².